The number of carbonyl (C=O) groups is 2. The standard InChI is InChI=1S/C24H30Cl2FN3O4S/c1-5-16(3)28-24(32)22(6-2)29(14-17-7-12-20(25)21(26)13-17)23(31)15-30(35(4,33)34)19-10-8-18(27)9-11-19/h7-13,16,22H,5-6,14-15H2,1-4H3,(H,28,32)/t16-,22+/m0/s1. The van der Waals surface area contributed by atoms with E-state index in [1.165, 1.54) is 17.0 Å². The molecule has 11 heteroatoms. The quantitative estimate of drug-likeness (QED) is 0.446. The third-order valence-electron chi connectivity index (χ3n) is 5.52. The van der Waals surface area contributed by atoms with Gasteiger partial charge in [-0.05, 0) is 61.7 Å². The molecule has 2 aromatic rings. The third-order valence-corrected chi connectivity index (χ3v) is 7.40. The summed E-state index contributed by atoms with van der Waals surface area (Å²) in [6.45, 7) is 4.99. The van der Waals surface area contributed by atoms with Gasteiger partial charge in [-0.25, -0.2) is 12.8 Å². The van der Waals surface area contributed by atoms with E-state index in [-0.39, 0.29) is 29.2 Å². The number of anilines is 1. The monoisotopic (exact) mass is 545 g/mol. The van der Waals surface area contributed by atoms with Crippen molar-refractivity contribution in [3.8, 4) is 0 Å². The molecule has 2 rings (SSSR count). The molecular formula is C24H30Cl2FN3O4S. The number of carbonyl (C=O) groups excluding carboxylic acids is 2. The largest absolute Gasteiger partial charge is 0.352 e. The highest BCUT2D eigenvalue weighted by Gasteiger charge is 2.32. The van der Waals surface area contributed by atoms with E-state index in [1.807, 2.05) is 13.8 Å². The second kappa shape index (κ2) is 12.6. The predicted octanol–water partition coefficient (Wildman–Crippen LogP) is 4.62. The lowest BCUT2D eigenvalue weighted by atomic mass is 10.1. The van der Waals surface area contributed by atoms with Crippen LogP contribution >= 0.6 is 23.2 Å². The summed E-state index contributed by atoms with van der Waals surface area (Å²) in [6, 6.07) is 8.67. The molecule has 0 aromatic heterocycles. The first-order chi connectivity index (χ1) is 16.4. The molecule has 0 unspecified atom stereocenters. The minimum atomic E-state index is -3.90. The summed E-state index contributed by atoms with van der Waals surface area (Å²) < 4.78 is 39.3. The van der Waals surface area contributed by atoms with Crippen LogP contribution in [-0.2, 0) is 26.2 Å². The van der Waals surface area contributed by atoms with Gasteiger partial charge >= 0.3 is 0 Å². The SMILES string of the molecule is CC[C@H](C(=O)N[C@@H](C)CC)N(Cc1ccc(Cl)c(Cl)c1)C(=O)CN(c1ccc(F)cc1)S(C)(=O)=O. The molecule has 2 atom stereocenters. The first kappa shape index (κ1) is 28.9. The fourth-order valence-corrected chi connectivity index (χ4v) is 4.59. The lowest BCUT2D eigenvalue weighted by Crippen LogP contribution is -2.53. The fourth-order valence-electron chi connectivity index (χ4n) is 3.42. The molecule has 0 radical (unpaired) electrons. The van der Waals surface area contributed by atoms with Crippen molar-refractivity contribution < 1.29 is 22.4 Å². The molecule has 0 saturated carbocycles. The van der Waals surface area contributed by atoms with Crippen molar-refractivity contribution >= 4 is 50.7 Å². The molecular weight excluding hydrogens is 516 g/mol. The third kappa shape index (κ3) is 8.08. The van der Waals surface area contributed by atoms with E-state index in [0.29, 0.717) is 23.4 Å². The average Bonchev–Trinajstić information content (AvgIpc) is 2.79. The number of hydrogen-bond donors (Lipinski definition) is 1. The van der Waals surface area contributed by atoms with Crippen LogP contribution < -0.4 is 9.62 Å². The smallest absolute Gasteiger partial charge is 0.244 e. The highest BCUT2D eigenvalue weighted by Crippen LogP contribution is 2.25. The van der Waals surface area contributed by atoms with Crippen molar-refractivity contribution in [2.75, 3.05) is 17.1 Å². The number of amides is 2. The first-order valence-electron chi connectivity index (χ1n) is 11.1. The highest BCUT2D eigenvalue weighted by atomic mass is 35.5. The van der Waals surface area contributed by atoms with Gasteiger partial charge in [0.15, 0.2) is 0 Å². The van der Waals surface area contributed by atoms with Gasteiger partial charge in [-0.15, -0.1) is 0 Å². The Balaban J connectivity index is 2.45. The normalized spacial score (nSPS) is 13.1. The number of nitrogens with zero attached hydrogens (tertiary/aromatic N) is 2. The molecule has 7 nitrogen and oxygen atoms in total. The number of halogens is 3. The molecule has 35 heavy (non-hydrogen) atoms. The van der Waals surface area contributed by atoms with Crippen molar-refractivity contribution in [2.45, 2.75) is 52.2 Å². The lowest BCUT2D eigenvalue weighted by molar-refractivity contribution is -0.140. The van der Waals surface area contributed by atoms with Crippen molar-refractivity contribution in [3.63, 3.8) is 0 Å². The summed E-state index contributed by atoms with van der Waals surface area (Å²) in [5, 5.41) is 3.52. The Morgan fingerprint density at radius 3 is 2.17 bits per heavy atom. The molecule has 1 N–H and O–H groups in total. The Kier molecular flexibility index (Phi) is 10.4. The Labute approximate surface area is 216 Å². The van der Waals surface area contributed by atoms with E-state index in [0.717, 1.165) is 22.7 Å². The summed E-state index contributed by atoms with van der Waals surface area (Å²) in [4.78, 5) is 28.0. The molecule has 2 amide bonds. The van der Waals surface area contributed by atoms with E-state index in [1.54, 1.807) is 25.1 Å². The molecule has 0 aliphatic heterocycles. The Bertz CT molecular complexity index is 1150. The van der Waals surface area contributed by atoms with Gasteiger partial charge in [0, 0.05) is 12.6 Å². The summed E-state index contributed by atoms with van der Waals surface area (Å²) in [6.07, 6.45) is 1.96. The van der Waals surface area contributed by atoms with Crippen LogP contribution in [0.1, 0.15) is 39.2 Å². The van der Waals surface area contributed by atoms with Crippen molar-refractivity contribution in [2.24, 2.45) is 0 Å². The molecule has 0 heterocycles. The highest BCUT2D eigenvalue weighted by molar-refractivity contribution is 7.92. The Hall–Kier alpha value is -2.36. The predicted molar refractivity (Wildman–Crippen MR) is 138 cm³/mol. The molecule has 0 saturated heterocycles. The summed E-state index contributed by atoms with van der Waals surface area (Å²) in [5.74, 6) is -1.48. The molecule has 2 aromatic carbocycles. The van der Waals surface area contributed by atoms with Crippen molar-refractivity contribution in [3.05, 3.63) is 63.9 Å². The zero-order valence-corrected chi connectivity index (χ0v) is 22.4. The van der Waals surface area contributed by atoms with E-state index in [9.17, 15) is 22.4 Å². The van der Waals surface area contributed by atoms with Crippen molar-refractivity contribution in [1.29, 1.82) is 0 Å². The Morgan fingerprint density at radius 2 is 1.66 bits per heavy atom. The van der Waals surface area contributed by atoms with Crippen molar-refractivity contribution in [1.82, 2.24) is 10.2 Å². The maximum absolute atomic E-state index is 13.6. The van der Waals surface area contributed by atoms with Gasteiger partial charge in [-0.2, -0.15) is 0 Å². The molecule has 192 valence electrons. The van der Waals surface area contributed by atoms with Gasteiger partial charge in [-0.3, -0.25) is 13.9 Å². The zero-order chi connectivity index (χ0) is 26.3. The molecule has 0 fully saturated rings. The number of sulfonamides is 1. The van der Waals surface area contributed by atoms with Gasteiger partial charge in [0.25, 0.3) is 0 Å². The molecule has 0 spiro atoms. The topological polar surface area (TPSA) is 86.8 Å². The van der Waals surface area contributed by atoms with Gasteiger partial charge in [0.2, 0.25) is 21.8 Å². The lowest BCUT2D eigenvalue weighted by Gasteiger charge is -2.33. The second-order valence-corrected chi connectivity index (χ2v) is 11.0. The number of rotatable bonds is 11. The van der Waals surface area contributed by atoms with Crippen LogP contribution in [-0.4, -0.2) is 50.0 Å². The fraction of sp³-hybridized carbons (Fsp3) is 0.417. The van der Waals surface area contributed by atoms with Gasteiger partial charge in [0.1, 0.15) is 18.4 Å². The average molecular weight is 546 g/mol. The maximum atomic E-state index is 13.6. The summed E-state index contributed by atoms with van der Waals surface area (Å²) >= 11 is 12.2. The van der Waals surface area contributed by atoms with Crippen LogP contribution in [0.2, 0.25) is 10.0 Å². The summed E-state index contributed by atoms with van der Waals surface area (Å²) in [7, 11) is -3.90. The molecule has 0 aliphatic rings. The van der Waals surface area contributed by atoms with E-state index >= 15 is 0 Å². The van der Waals surface area contributed by atoms with Crippen LogP contribution in [0.4, 0.5) is 10.1 Å². The number of nitrogens with one attached hydrogen (secondary N) is 1. The second-order valence-electron chi connectivity index (χ2n) is 8.26. The van der Waals surface area contributed by atoms with Gasteiger partial charge < -0.3 is 10.2 Å². The molecule has 0 bridgehead atoms. The van der Waals surface area contributed by atoms with Crippen LogP contribution in [0.25, 0.3) is 0 Å². The maximum Gasteiger partial charge on any atom is 0.244 e. The van der Waals surface area contributed by atoms with Crippen LogP contribution in [0.5, 0.6) is 0 Å². The first-order valence-corrected chi connectivity index (χ1v) is 13.7. The number of benzene rings is 2. The summed E-state index contributed by atoms with van der Waals surface area (Å²) in [5.41, 5.74) is 0.754. The van der Waals surface area contributed by atoms with E-state index < -0.39 is 34.3 Å². The van der Waals surface area contributed by atoms with E-state index in [4.69, 9.17) is 23.2 Å². The van der Waals surface area contributed by atoms with Crippen LogP contribution in [0.15, 0.2) is 42.5 Å². The minimum absolute atomic E-state index is 0.00315. The van der Waals surface area contributed by atoms with Crippen LogP contribution in [0.3, 0.4) is 0 Å². The molecule has 0 aliphatic carbocycles. The van der Waals surface area contributed by atoms with Gasteiger partial charge in [0.05, 0.1) is 22.0 Å². The number of hydrogen-bond acceptors (Lipinski definition) is 4. The zero-order valence-electron chi connectivity index (χ0n) is 20.1. The minimum Gasteiger partial charge on any atom is -0.352 e. The van der Waals surface area contributed by atoms with Gasteiger partial charge in [-0.1, -0.05) is 43.1 Å². The van der Waals surface area contributed by atoms with E-state index in [2.05, 4.69) is 5.32 Å². The van der Waals surface area contributed by atoms with Crippen LogP contribution in [0, 0.1) is 5.82 Å². The Morgan fingerprint density at radius 1 is 1.03 bits per heavy atom.